The van der Waals surface area contributed by atoms with E-state index in [-0.39, 0.29) is 0 Å². The molecule has 86 valence electrons. The van der Waals surface area contributed by atoms with Crippen LogP contribution in [0.4, 0.5) is 0 Å². The highest BCUT2D eigenvalue weighted by molar-refractivity contribution is 4.51. The zero-order valence-electron chi connectivity index (χ0n) is 9.62. The summed E-state index contributed by atoms with van der Waals surface area (Å²) < 4.78 is 0. The average molecular weight is 204 g/mol. The van der Waals surface area contributed by atoms with Gasteiger partial charge in [-0.1, -0.05) is 6.92 Å². The van der Waals surface area contributed by atoms with Crippen molar-refractivity contribution in [2.75, 3.05) is 46.8 Å². The maximum absolute atomic E-state index is 5.47. The normalized spacial score (nSPS) is 11.6. The molecule has 0 fully saturated rings. The monoisotopic (exact) mass is 204 g/mol. The minimum Gasteiger partial charge on any atom is -0.329 e. The van der Waals surface area contributed by atoms with E-state index >= 15 is 0 Å². The van der Waals surface area contributed by atoms with Gasteiger partial charge in [-0.15, -0.1) is 0 Å². The molecule has 0 aliphatic heterocycles. The van der Waals surface area contributed by atoms with Gasteiger partial charge in [0.05, 0.1) is 0 Å². The molecule has 0 bridgehead atoms. The molecular weight excluding hydrogens is 180 g/mol. The van der Waals surface area contributed by atoms with Crippen LogP contribution in [-0.4, -0.2) is 56.9 Å². The van der Waals surface area contributed by atoms with Crippen LogP contribution in [0.2, 0.25) is 0 Å². The van der Waals surface area contributed by atoms with Crippen LogP contribution in [0.15, 0.2) is 0 Å². The Balaban J connectivity index is 3.51. The molecule has 0 amide bonds. The van der Waals surface area contributed by atoms with E-state index < -0.39 is 0 Å². The molecule has 0 heterocycles. The lowest BCUT2D eigenvalue weighted by Crippen LogP contribution is -2.37. The van der Waals surface area contributed by atoms with Gasteiger partial charge in [-0.3, -0.25) is 0 Å². The van der Waals surface area contributed by atoms with Crippen molar-refractivity contribution in [3.63, 3.8) is 0 Å². The summed E-state index contributed by atoms with van der Waals surface area (Å²) >= 11 is 0. The Kier molecular flexibility index (Phi) is 9.23. The van der Waals surface area contributed by atoms with Crippen LogP contribution in [-0.2, 0) is 4.94 Å². The first kappa shape index (κ1) is 13.8. The van der Waals surface area contributed by atoms with E-state index in [1.54, 1.807) is 5.06 Å². The van der Waals surface area contributed by atoms with Crippen molar-refractivity contribution in [2.45, 2.75) is 13.3 Å². The fraction of sp³-hybridized carbons (Fsp3) is 1.00. The molecule has 0 unspecified atom stereocenters. The number of nitrogens with zero attached hydrogens (tertiary/aromatic N) is 2. The van der Waals surface area contributed by atoms with Crippen molar-refractivity contribution in [1.82, 2.24) is 15.4 Å². The molecule has 5 nitrogen and oxygen atoms in total. The van der Waals surface area contributed by atoms with Gasteiger partial charge >= 0.3 is 0 Å². The number of hydrogen-bond acceptors (Lipinski definition) is 5. The summed E-state index contributed by atoms with van der Waals surface area (Å²) in [5.41, 5.74) is 5.37. The van der Waals surface area contributed by atoms with Gasteiger partial charge in [0.15, 0.2) is 0 Å². The second kappa shape index (κ2) is 9.36. The summed E-state index contributed by atoms with van der Waals surface area (Å²) in [7, 11) is 3.77. The Labute approximate surface area is 87.1 Å². The quantitative estimate of drug-likeness (QED) is 0.397. The zero-order chi connectivity index (χ0) is 10.8. The first-order valence-corrected chi connectivity index (χ1v) is 5.21. The largest absolute Gasteiger partial charge is 0.329 e. The molecule has 0 atom stereocenters. The van der Waals surface area contributed by atoms with Crippen molar-refractivity contribution in [1.29, 1.82) is 0 Å². The molecule has 0 aliphatic rings. The van der Waals surface area contributed by atoms with Crippen molar-refractivity contribution < 1.29 is 4.94 Å². The van der Waals surface area contributed by atoms with Crippen molar-refractivity contribution >= 4 is 0 Å². The Morgan fingerprint density at radius 3 is 2.43 bits per heavy atom. The Bertz CT molecular complexity index is 121. The zero-order valence-corrected chi connectivity index (χ0v) is 9.62. The second-order valence-corrected chi connectivity index (χ2v) is 3.36. The van der Waals surface area contributed by atoms with E-state index in [2.05, 4.69) is 12.2 Å². The number of hydrogen-bond donors (Lipinski definition) is 2. The van der Waals surface area contributed by atoms with Crippen LogP contribution in [0.1, 0.15) is 13.3 Å². The van der Waals surface area contributed by atoms with E-state index in [9.17, 15) is 0 Å². The van der Waals surface area contributed by atoms with Gasteiger partial charge in [-0.25, -0.2) is 4.94 Å². The van der Waals surface area contributed by atoms with E-state index in [0.717, 1.165) is 32.6 Å². The van der Waals surface area contributed by atoms with Crippen molar-refractivity contribution in [2.24, 2.45) is 5.73 Å². The molecule has 0 spiro atoms. The molecule has 0 saturated heterocycles. The Morgan fingerprint density at radius 1 is 1.21 bits per heavy atom. The van der Waals surface area contributed by atoms with Crippen LogP contribution in [0, 0.1) is 0 Å². The summed E-state index contributed by atoms with van der Waals surface area (Å²) in [6.45, 7) is 6.42. The van der Waals surface area contributed by atoms with Crippen LogP contribution in [0.5, 0.6) is 0 Å². The number of nitrogens with one attached hydrogen (secondary N) is 1. The maximum Gasteiger partial charge on any atom is 0.0385 e. The number of hydroxylamine groups is 4. The summed E-state index contributed by atoms with van der Waals surface area (Å²) in [4.78, 5) is 5.47. The minimum absolute atomic E-state index is 0.683. The third-order valence-electron chi connectivity index (χ3n) is 1.61. The summed E-state index contributed by atoms with van der Waals surface area (Å²) in [6, 6.07) is 0. The van der Waals surface area contributed by atoms with Gasteiger partial charge in [0.25, 0.3) is 0 Å². The Hall–Kier alpha value is -0.200. The lowest BCUT2D eigenvalue weighted by Gasteiger charge is -2.24. The highest BCUT2D eigenvalue weighted by Gasteiger charge is 2.04. The lowest BCUT2D eigenvalue weighted by atomic mass is 10.4. The molecule has 3 N–H and O–H groups in total. The molecule has 14 heavy (non-hydrogen) atoms. The van der Waals surface area contributed by atoms with Crippen LogP contribution in [0.25, 0.3) is 0 Å². The van der Waals surface area contributed by atoms with E-state index in [1.165, 1.54) is 0 Å². The van der Waals surface area contributed by atoms with E-state index in [4.69, 9.17) is 10.7 Å². The number of nitrogens with two attached hydrogens (primary N) is 1. The van der Waals surface area contributed by atoms with Crippen molar-refractivity contribution in [3.8, 4) is 0 Å². The van der Waals surface area contributed by atoms with Gasteiger partial charge in [0.1, 0.15) is 0 Å². The van der Waals surface area contributed by atoms with E-state index in [1.807, 2.05) is 19.2 Å². The van der Waals surface area contributed by atoms with Crippen LogP contribution in [0.3, 0.4) is 0 Å². The van der Waals surface area contributed by atoms with Gasteiger partial charge < -0.3 is 11.1 Å². The lowest BCUT2D eigenvalue weighted by molar-refractivity contribution is -0.304. The van der Waals surface area contributed by atoms with Crippen molar-refractivity contribution in [3.05, 3.63) is 0 Å². The molecule has 5 heteroatoms. The summed E-state index contributed by atoms with van der Waals surface area (Å²) in [5.74, 6) is 0. The third kappa shape index (κ3) is 8.40. The summed E-state index contributed by atoms with van der Waals surface area (Å²) in [5, 5.41) is 6.89. The maximum atomic E-state index is 5.47. The van der Waals surface area contributed by atoms with Crippen LogP contribution >= 0.6 is 0 Å². The molecule has 0 saturated carbocycles. The highest BCUT2D eigenvalue weighted by atomic mass is 16.8. The molecule has 0 rings (SSSR count). The van der Waals surface area contributed by atoms with Gasteiger partial charge in [0.2, 0.25) is 0 Å². The molecule has 0 aromatic rings. The fourth-order valence-electron chi connectivity index (χ4n) is 1.10. The van der Waals surface area contributed by atoms with E-state index in [0.29, 0.717) is 6.54 Å². The van der Waals surface area contributed by atoms with Gasteiger partial charge in [-0.05, 0) is 6.42 Å². The molecule has 0 aromatic carbocycles. The first-order valence-electron chi connectivity index (χ1n) is 5.21. The van der Waals surface area contributed by atoms with Gasteiger partial charge in [0, 0.05) is 46.8 Å². The standard InChI is InChI=1S/C9H24N4O/c1-4-8-13(14-12(2)3)9-7-11-6-5-10/h11H,4-10H2,1-3H3. The fourth-order valence-corrected chi connectivity index (χ4v) is 1.10. The smallest absolute Gasteiger partial charge is 0.0385 e. The third-order valence-corrected chi connectivity index (χ3v) is 1.61. The predicted octanol–water partition coefficient (Wildman–Crippen LogP) is -0.345. The van der Waals surface area contributed by atoms with Crippen LogP contribution < -0.4 is 11.1 Å². The molecule has 0 aromatic heterocycles. The SMILES string of the molecule is CCCN(CCNCCN)ON(C)C. The first-order chi connectivity index (χ1) is 6.70. The molecule has 0 radical (unpaired) electrons. The van der Waals surface area contributed by atoms with Gasteiger partial charge in [-0.2, -0.15) is 10.1 Å². The predicted molar refractivity (Wildman–Crippen MR) is 58.6 cm³/mol. The minimum atomic E-state index is 0.683. The number of rotatable bonds is 9. The average Bonchev–Trinajstić information content (AvgIpc) is 2.12. The topological polar surface area (TPSA) is 53.8 Å². The molecular formula is C9H24N4O. The second-order valence-electron chi connectivity index (χ2n) is 3.36. The summed E-state index contributed by atoms with van der Waals surface area (Å²) in [6.07, 6.45) is 1.09. The Morgan fingerprint density at radius 2 is 1.93 bits per heavy atom. The highest BCUT2D eigenvalue weighted by Crippen LogP contribution is 1.93. The molecule has 0 aliphatic carbocycles.